The lowest BCUT2D eigenvalue weighted by Crippen LogP contribution is -2.44. The summed E-state index contributed by atoms with van der Waals surface area (Å²) in [5, 5.41) is 39.4. The monoisotopic (exact) mass is 405 g/mol. The van der Waals surface area contributed by atoms with Crippen LogP contribution in [0.4, 0.5) is 0 Å². The molecule has 0 amide bonds. The quantitative estimate of drug-likeness (QED) is 0.235. The Bertz CT molecular complexity index is 635. The summed E-state index contributed by atoms with van der Waals surface area (Å²) in [6.45, 7) is 1.04. The van der Waals surface area contributed by atoms with Crippen LogP contribution in [0.15, 0.2) is 29.2 Å². The molecule has 8 N–H and O–H groups in total. The molecule has 4 atom stereocenters. The molecule has 9 nitrogen and oxygen atoms in total. The van der Waals surface area contributed by atoms with E-state index in [-0.39, 0.29) is 43.9 Å². The van der Waals surface area contributed by atoms with E-state index in [0.717, 1.165) is 9.87 Å². The zero-order valence-corrected chi connectivity index (χ0v) is 16.3. The van der Waals surface area contributed by atoms with Gasteiger partial charge in [-0.25, -0.2) is 8.42 Å². The van der Waals surface area contributed by atoms with Crippen molar-refractivity contribution < 1.29 is 28.8 Å². The average Bonchev–Trinajstić information content (AvgIpc) is 2.61. The molecule has 0 unspecified atom stereocenters. The third kappa shape index (κ3) is 7.80. The third-order valence-electron chi connectivity index (χ3n) is 4.12. The Hall–Kier alpha value is -1.11. The summed E-state index contributed by atoms with van der Waals surface area (Å²) in [6, 6.07) is 6.18. The van der Waals surface area contributed by atoms with Gasteiger partial charge in [-0.05, 0) is 19.1 Å². The smallest absolute Gasteiger partial charge is 0.243 e. The fraction of sp³-hybridized carbons (Fsp3) is 0.647. The second-order valence-electron chi connectivity index (χ2n) is 6.69. The SMILES string of the molecule is Cc1ccc(S(=O)(=O)N(C[C@@H](O)C[C@@H](O)CN)C[C@@H](O)C[C@@H](O)CN)cc1. The molecule has 0 aliphatic rings. The molecule has 0 saturated carbocycles. The van der Waals surface area contributed by atoms with Crippen molar-refractivity contribution in [1.29, 1.82) is 0 Å². The van der Waals surface area contributed by atoms with Gasteiger partial charge < -0.3 is 31.9 Å². The number of sulfonamides is 1. The Morgan fingerprint density at radius 2 is 1.26 bits per heavy atom. The Balaban J connectivity index is 3.02. The largest absolute Gasteiger partial charge is 0.392 e. The lowest BCUT2D eigenvalue weighted by atomic mass is 10.1. The molecule has 1 aromatic carbocycles. The minimum absolute atomic E-state index is 0.0197. The molecular weight excluding hydrogens is 374 g/mol. The molecule has 0 saturated heterocycles. The van der Waals surface area contributed by atoms with Crippen LogP contribution in [-0.2, 0) is 10.0 Å². The van der Waals surface area contributed by atoms with E-state index in [4.69, 9.17) is 11.5 Å². The van der Waals surface area contributed by atoms with E-state index in [0.29, 0.717) is 0 Å². The number of rotatable bonds is 12. The Labute approximate surface area is 160 Å². The molecule has 0 aromatic heterocycles. The van der Waals surface area contributed by atoms with Crippen molar-refractivity contribution in [2.24, 2.45) is 11.5 Å². The van der Waals surface area contributed by atoms with Gasteiger partial charge in [0.05, 0.1) is 29.3 Å². The summed E-state index contributed by atoms with van der Waals surface area (Å²) < 4.78 is 26.9. The highest BCUT2D eigenvalue weighted by molar-refractivity contribution is 7.89. The normalized spacial score (nSPS) is 16.9. The van der Waals surface area contributed by atoms with Crippen molar-refractivity contribution in [2.75, 3.05) is 26.2 Å². The topological polar surface area (TPSA) is 170 Å². The minimum Gasteiger partial charge on any atom is -0.392 e. The molecule has 0 aliphatic heterocycles. The van der Waals surface area contributed by atoms with E-state index in [1.165, 1.54) is 12.1 Å². The highest BCUT2D eigenvalue weighted by Crippen LogP contribution is 2.19. The van der Waals surface area contributed by atoms with Crippen LogP contribution >= 0.6 is 0 Å². The van der Waals surface area contributed by atoms with Gasteiger partial charge in [0, 0.05) is 39.0 Å². The van der Waals surface area contributed by atoms with Crippen LogP contribution in [-0.4, -0.2) is 83.7 Å². The zero-order chi connectivity index (χ0) is 20.6. The van der Waals surface area contributed by atoms with E-state index >= 15 is 0 Å². The maximum absolute atomic E-state index is 13.0. The molecule has 1 rings (SSSR count). The van der Waals surface area contributed by atoms with Gasteiger partial charge in [-0.2, -0.15) is 4.31 Å². The molecule has 10 heteroatoms. The Morgan fingerprint density at radius 1 is 0.852 bits per heavy atom. The molecule has 156 valence electrons. The summed E-state index contributed by atoms with van der Waals surface area (Å²) in [5.74, 6) is 0. The van der Waals surface area contributed by atoms with Crippen LogP contribution in [0.3, 0.4) is 0 Å². The van der Waals surface area contributed by atoms with Gasteiger partial charge in [0.15, 0.2) is 0 Å². The third-order valence-corrected chi connectivity index (χ3v) is 5.97. The van der Waals surface area contributed by atoms with Gasteiger partial charge in [0.25, 0.3) is 0 Å². The fourth-order valence-corrected chi connectivity index (χ4v) is 4.08. The second kappa shape index (κ2) is 11.0. The standard InChI is InChI=1S/C17H31N3O6S/c1-12-2-4-17(5-3-12)27(25,26)20(10-15(23)6-13(21)8-18)11-16(24)7-14(22)9-19/h2-5,13-16,21-24H,6-11,18-19H2,1H3/t13-,14-,15+,16+/m1/s1. The lowest BCUT2D eigenvalue weighted by Gasteiger charge is -2.28. The van der Waals surface area contributed by atoms with Gasteiger partial charge in [0.1, 0.15) is 0 Å². The summed E-state index contributed by atoms with van der Waals surface area (Å²) in [4.78, 5) is 0.0197. The first-order valence-electron chi connectivity index (χ1n) is 8.79. The van der Waals surface area contributed by atoms with Crippen LogP contribution in [0, 0.1) is 6.92 Å². The minimum atomic E-state index is -4.01. The number of aliphatic hydroxyl groups excluding tert-OH is 4. The molecular formula is C17H31N3O6S. The highest BCUT2D eigenvalue weighted by Gasteiger charge is 2.29. The first kappa shape index (κ1) is 23.9. The maximum atomic E-state index is 13.0. The van der Waals surface area contributed by atoms with E-state index < -0.39 is 34.4 Å². The van der Waals surface area contributed by atoms with Crippen molar-refractivity contribution in [3.8, 4) is 0 Å². The van der Waals surface area contributed by atoms with Crippen LogP contribution in [0.25, 0.3) is 0 Å². The van der Waals surface area contributed by atoms with Crippen molar-refractivity contribution in [3.05, 3.63) is 29.8 Å². The molecule has 0 heterocycles. The Kier molecular flexibility index (Phi) is 9.77. The molecule has 0 spiro atoms. The van der Waals surface area contributed by atoms with Crippen LogP contribution < -0.4 is 11.5 Å². The van der Waals surface area contributed by atoms with E-state index in [2.05, 4.69) is 0 Å². The summed E-state index contributed by atoms with van der Waals surface area (Å²) in [7, 11) is -4.01. The summed E-state index contributed by atoms with van der Waals surface area (Å²) >= 11 is 0. The number of aryl methyl sites for hydroxylation is 1. The van der Waals surface area contributed by atoms with Crippen molar-refractivity contribution in [2.45, 2.75) is 49.1 Å². The Morgan fingerprint density at radius 3 is 1.63 bits per heavy atom. The average molecular weight is 406 g/mol. The number of benzene rings is 1. The van der Waals surface area contributed by atoms with Crippen molar-refractivity contribution in [3.63, 3.8) is 0 Å². The first-order chi connectivity index (χ1) is 12.6. The zero-order valence-electron chi connectivity index (χ0n) is 15.5. The highest BCUT2D eigenvalue weighted by atomic mass is 32.2. The molecule has 0 radical (unpaired) electrons. The van der Waals surface area contributed by atoms with E-state index in [1.807, 2.05) is 6.92 Å². The molecule has 27 heavy (non-hydrogen) atoms. The number of nitrogens with two attached hydrogens (primary N) is 2. The van der Waals surface area contributed by atoms with Gasteiger partial charge in [-0.3, -0.25) is 0 Å². The van der Waals surface area contributed by atoms with Crippen molar-refractivity contribution >= 4 is 10.0 Å². The van der Waals surface area contributed by atoms with Crippen molar-refractivity contribution in [1.82, 2.24) is 4.31 Å². The number of nitrogens with zero attached hydrogens (tertiary/aromatic N) is 1. The van der Waals surface area contributed by atoms with E-state index in [9.17, 15) is 28.8 Å². The van der Waals surface area contributed by atoms with E-state index in [1.54, 1.807) is 12.1 Å². The van der Waals surface area contributed by atoms with Gasteiger partial charge in [-0.15, -0.1) is 0 Å². The first-order valence-corrected chi connectivity index (χ1v) is 10.2. The number of hydrogen-bond donors (Lipinski definition) is 6. The number of aliphatic hydroxyl groups is 4. The van der Waals surface area contributed by atoms with Crippen LogP contribution in [0.1, 0.15) is 18.4 Å². The number of hydrogen-bond acceptors (Lipinski definition) is 8. The molecule has 0 fully saturated rings. The predicted octanol–water partition coefficient (Wildman–Crippen LogP) is -1.87. The maximum Gasteiger partial charge on any atom is 0.243 e. The molecule has 0 bridgehead atoms. The fourth-order valence-electron chi connectivity index (χ4n) is 2.57. The lowest BCUT2D eigenvalue weighted by molar-refractivity contribution is 0.0491. The molecule has 1 aromatic rings. The summed E-state index contributed by atoms with van der Waals surface area (Å²) in [5.41, 5.74) is 11.5. The second-order valence-corrected chi connectivity index (χ2v) is 8.63. The van der Waals surface area contributed by atoms with Crippen LogP contribution in [0.2, 0.25) is 0 Å². The van der Waals surface area contributed by atoms with Gasteiger partial charge in [0.2, 0.25) is 10.0 Å². The van der Waals surface area contributed by atoms with Gasteiger partial charge >= 0.3 is 0 Å². The van der Waals surface area contributed by atoms with Crippen LogP contribution in [0.5, 0.6) is 0 Å². The molecule has 0 aliphatic carbocycles. The predicted molar refractivity (Wildman–Crippen MR) is 101 cm³/mol. The van der Waals surface area contributed by atoms with Gasteiger partial charge in [-0.1, -0.05) is 17.7 Å². The summed E-state index contributed by atoms with van der Waals surface area (Å²) in [6.07, 6.45) is -4.47.